The van der Waals surface area contributed by atoms with Gasteiger partial charge in [-0.25, -0.2) is 4.98 Å². The first-order valence-corrected chi connectivity index (χ1v) is 7.57. The average Bonchev–Trinajstić information content (AvgIpc) is 2.76. The van der Waals surface area contributed by atoms with Crippen molar-refractivity contribution < 1.29 is 0 Å². The van der Waals surface area contributed by atoms with Crippen LogP contribution < -0.4 is 5.32 Å². The lowest BCUT2D eigenvalue weighted by molar-refractivity contribution is 1.09. The van der Waals surface area contributed by atoms with Gasteiger partial charge >= 0.3 is 0 Å². The molecule has 0 saturated carbocycles. The summed E-state index contributed by atoms with van der Waals surface area (Å²) in [6.45, 7) is 2.84. The number of nitrogens with zero attached hydrogens (tertiary/aromatic N) is 2. The van der Waals surface area contributed by atoms with Gasteiger partial charge in [-0.15, -0.1) is 11.3 Å². The van der Waals surface area contributed by atoms with Crippen molar-refractivity contribution >= 4 is 28.8 Å². The van der Waals surface area contributed by atoms with Gasteiger partial charge in [-0.3, -0.25) is 4.98 Å². The van der Waals surface area contributed by atoms with Crippen LogP contribution in [0.15, 0.2) is 24.7 Å². The van der Waals surface area contributed by atoms with Gasteiger partial charge in [-0.1, -0.05) is 0 Å². The third-order valence-corrected chi connectivity index (χ3v) is 4.14. The number of aryl methyl sites for hydroxylation is 1. The summed E-state index contributed by atoms with van der Waals surface area (Å²) < 4.78 is 0. The molecule has 0 spiro atoms. The van der Waals surface area contributed by atoms with E-state index in [2.05, 4.69) is 28.5 Å². The quantitative estimate of drug-likeness (QED) is 0.900. The Balaban J connectivity index is 1.95. The Morgan fingerprint density at radius 1 is 1.41 bits per heavy atom. The first kappa shape index (κ1) is 12.4. The molecule has 0 aliphatic rings. The second-order valence-electron chi connectivity index (χ2n) is 3.70. The third kappa shape index (κ3) is 3.44. The van der Waals surface area contributed by atoms with Crippen molar-refractivity contribution in [1.82, 2.24) is 9.97 Å². The van der Waals surface area contributed by atoms with E-state index in [1.54, 1.807) is 17.5 Å². The molecule has 17 heavy (non-hydrogen) atoms. The van der Waals surface area contributed by atoms with Crippen molar-refractivity contribution in [2.45, 2.75) is 19.2 Å². The molecule has 0 aliphatic heterocycles. The van der Waals surface area contributed by atoms with Crippen LogP contribution in [0.25, 0.3) is 0 Å². The zero-order valence-corrected chi connectivity index (χ0v) is 11.6. The van der Waals surface area contributed by atoms with Crippen molar-refractivity contribution in [3.05, 3.63) is 40.1 Å². The number of pyridine rings is 1. The summed E-state index contributed by atoms with van der Waals surface area (Å²) >= 11 is 3.59. The molecule has 2 heterocycles. The Bertz CT molecular complexity index is 482. The predicted molar refractivity (Wildman–Crippen MR) is 75.6 cm³/mol. The summed E-state index contributed by atoms with van der Waals surface area (Å²) in [5.74, 6) is 1.05. The van der Waals surface area contributed by atoms with Gasteiger partial charge in [0.1, 0.15) is 5.01 Å². The van der Waals surface area contributed by atoms with Crippen molar-refractivity contribution in [2.24, 2.45) is 0 Å². The molecule has 2 rings (SSSR count). The van der Waals surface area contributed by atoms with Gasteiger partial charge in [-0.05, 0) is 24.8 Å². The Morgan fingerprint density at radius 2 is 2.29 bits per heavy atom. The van der Waals surface area contributed by atoms with Crippen LogP contribution in [0.4, 0.5) is 5.69 Å². The molecule has 1 N–H and O–H groups in total. The highest BCUT2D eigenvalue weighted by Crippen LogP contribution is 2.19. The second-order valence-corrected chi connectivity index (χ2v) is 5.76. The maximum atomic E-state index is 4.40. The van der Waals surface area contributed by atoms with E-state index < -0.39 is 0 Å². The highest BCUT2D eigenvalue weighted by atomic mass is 32.2. The van der Waals surface area contributed by atoms with Gasteiger partial charge in [0.25, 0.3) is 0 Å². The van der Waals surface area contributed by atoms with Crippen LogP contribution >= 0.6 is 23.1 Å². The predicted octanol–water partition coefficient (Wildman–Crippen LogP) is 3.32. The fraction of sp³-hybridized carbons (Fsp3) is 0.333. The van der Waals surface area contributed by atoms with E-state index in [0.29, 0.717) is 0 Å². The monoisotopic (exact) mass is 265 g/mol. The van der Waals surface area contributed by atoms with Crippen LogP contribution in [0.2, 0.25) is 0 Å². The van der Waals surface area contributed by atoms with Crippen LogP contribution in [0, 0.1) is 6.92 Å². The van der Waals surface area contributed by atoms with Gasteiger partial charge in [0.05, 0.1) is 18.4 Å². The van der Waals surface area contributed by atoms with Gasteiger partial charge in [0.2, 0.25) is 0 Å². The van der Waals surface area contributed by atoms with E-state index in [9.17, 15) is 0 Å². The summed E-state index contributed by atoms with van der Waals surface area (Å²) in [5.41, 5.74) is 2.29. The second kappa shape index (κ2) is 6.02. The molecule has 90 valence electrons. The largest absolute Gasteiger partial charge is 0.377 e. The Hall–Kier alpha value is -1.07. The molecule has 5 heteroatoms. The number of nitrogens with one attached hydrogen (secondary N) is 1. The molecule has 3 nitrogen and oxygen atoms in total. The molecule has 2 aromatic rings. The van der Waals surface area contributed by atoms with Crippen molar-refractivity contribution in [1.29, 1.82) is 0 Å². The van der Waals surface area contributed by atoms with Crippen molar-refractivity contribution in [2.75, 3.05) is 11.6 Å². The van der Waals surface area contributed by atoms with E-state index in [1.165, 1.54) is 10.4 Å². The lowest BCUT2D eigenvalue weighted by atomic mass is 10.2. The van der Waals surface area contributed by atoms with E-state index in [-0.39, 0.29) is 0 Å². The molecule has 0 amide bonds. The van der Waals surface area contributed by atoms with Crippen LogP contribution in [0.1, 0.15) is 15.4 Å². The first-order valence-electron chi connectivity index (χ1n) is 5.36. The van der Waals surface area contributed by atoms with Crippen molar-refractivity contribution in [3.63, 3.8) is 0 Å². The summed E-state index contributed by atoms with van der Waals surface area (Å²) in [6.07, 6.45) is 7.73. The molecule has 0 bridgehead atoms. The molecule has 0 aromatic carbocycles. The number of hydrogen-bond acceptors (Lipinski definition) is 5. The standard InChI is InChI=1S/C12H15N3S2/c1-9-3-4-13-6-11(9)14-7-12-15-5-10(17-12)8-16-2/h3-6,14H,7-8H2,1-2H3. The minimum Gasteiger partial charge on any atom is -0.377 e. The Labute approximate surface area is 110 Å². The third-order valence-electron chi connectivity index (χ3n) is 2.36. The van der Waals surface area contributed by atoms with E-state index in [1.807, 2.05) is 30.2 Å². The normalized spacial score (nSPS) is 10.5. The fourth-order valence-corrected chi connectivity index (χ4v) is 3.06. The molecule has 0 unspecified atom stereocenters. The molecule has 0 saturated heterocycles. The first-order chi connectivity index (χ1) is 8.29. The molecule has 2 aromatic heterocycles. The summed E-state index contributed by atoms with van der Waals surface area (Å²) in [7, 11) is 0. The fourth-order valence-electron chi connectivity index (χ4n) is 1.46. The molecule has 0 aliphatic carbocycles. The van der Waals surface area contributed by atoms with Crippen LogP contribution in [0.3, 0.4) is 0 Å². The Kier molecular flexibility index (Phi) is 4.39. The minimum atomic E-state index is 0.769. The van der Waals surface area contributed by atoms with Gasteiger partial charge in [-0.2, -0.15) is 11.8 Å². The molecular formula is C12H15N3S2. The van der Waals surface area contributed by atoms with Gasteiger partial charge in [0.15, 0.2) is 0 Å². The van der Waals surface area contributed by atoms with Crippen LogP contribution in [0.5, 0.6) is 0 Å². The highest BCUT2D eigenvalue weighted by Gasteiger charge is 2.02. The summed E-state index contributed by atoms with van der Waals surface area (Å²) in [4.78, 5) is 9.84. The van der Waals surface area contributed by atoms with E-state index in [0.717, 1.165) is 23.0 Å². The topological polar surface area (TPSA) is 37.8 Å². The molecular weight excluding hydrogens is 250 g/mol. The van der Waals surface area contributed by atoms with E-state index >= 15 is 0 Å². The molecule has 0 radical (unpaired) electrons. The number of rotatable bonds is 5. The number of aromatic nitrogens is 2. The van der Waals surface area contributed by atoms with Gasteiger partial charge < -0.3 is 5.32 Å². The maximum Gasteiger partial charge on any atom is 0.112 e. The smallest absolute Gasteiger partial charge is 0.112 e. The Morgan fingerprint density at radius 3 is 3.06 bits per heavy atom. The number of thiazole rings is 1. The average molecular weight is 265 g/mol. The van der Waals surface area contributed by atoms with Crippen LogP contribution in [-0.2, 0) is 12.3 Å². The highest BCUT2D eigenvalue weighted by molar-refractivity contribution is 7.97. The molecule has 0 fully saturated rings. The van der Waals surface area contributed by atoms with Crippen LogP contribution in [-0.4, -0.2) is 16.2 Å². The van der Waals surface area contributed by atoms with E-state index in [4.69, 9.17) is 0 Å². The zero-order chi connectivity index (χ0) is 12.1. The SMILES string of the molecule is CSCc1cnc(CNc2cnccc2C)s1. The summed E-state index contributed by atoms with van der Waals surface area (Å²) in [6, 6.07) is 2.00. The lowest BCUT2D eigenvalue weighted by Gasteiger charge is -2.06. The summed E-state index contributed by atoms with van der Waals surface area (Å²) in [5, 5.41) is 4.49. The zero-order valence-electron chi connectivity index (χ0n) is 9.93. The maximum absolute atomic E-state index is 4.40. The van der Waals surface area contributed by atoms with Crippen molar-refractivity contribution in [3.8, 4) is 0 Å². The number of hydrogen-bond donors (Lipinski definition) is 1. The minimum absolute atomic E-state index is 0.769. The number of anilines is 1. The lowest BCUT2D eigenvalue weighted by Crippen LogP contribution is -2.00. The molecule has 0 atom stereocenters. The number of thioether (sulfide) groups is 1. The van der Waals surface area contributed by atoms with Gasteiger partial charge in [0, 0.05) is 23.0 Å².